The van der Waals surface area contributed by atoms with Crippen molar-refractivity contribution in [1.29, 1.82) is 0 Å². The predicted molar refractivity (Wildman–Crippen MR) is 94.0 cm³/mol. The van der Waals surface area contributed by atoms with E-state index in [-0.39, 0.29) is 12.6 Å². The maximum atomic E-state index is 11.8. The molecule has 0 saturated heterocycles. The van der Waals surface area contributed by atoms with E-state index in [2.05, 4.69) is 17.2 Å². The van der Waals surface area contributed by atoms with Crippen LogP contribution in [-0.2, 0) is 9.47 Å². The van der Waals surface area contributed by atoms with Crippen molar-refractivity contribution < 1.29 is 19.1 Å². The highest BCUT2D eigenvalue weighted by atomic mass is 16.6. The van der Waals surface area contributed by atoms with Crippen LogP contribution < -0.4 is 10.6 Å². The van der Waals surface area contributed by atoms with Crippen molar-refractivity contribution in [1.82, 2.24) is 5.32 Å². The third kappa shape index (κ3) is 8.82. The molecule has 0 aliphatic heterocycles. The Bertz CT molecular complexity index is 538. The number of hydrogen-bond donors (Lipinski definition) is 2. The number of carbonyl (C=O) groups is 2. The van der Waals surface area contributed by atoms with Gasteiger partial charge in [-0.1, -0.05) is 24.3 Å². The van der Waals surface area contributed by atoms with Gasteiger partial charge in [-0.05, 0) is 39.3 Å². The van der Waals surface area contributed by atoms with Gasteiger partial charge in [0.15, 0.2) is 0 Å². The molecule has 6 heteroatoms. The second-order valence-electron chi connectivity index (χ2n) is 6.28. The van der Waals surface area contributed by atoms with E-state index in [4.69, 9.17) is 9.47 Å². The van der Waals surface area contributed by atoms with Crippen molar-refractivity contribution in [3.63, 3.8) is 0 Å². The Balaban J connectivity index is 2.36. The number of rotatable bonds is 7. The SMILES string of the molecule is C=CCC(CCOC(=O)Nc1ccccc1)NC(=O)OC(C)(C)C. The lowest BCUT2D eigenvalue weighted by molar-refractivity contribution is 0.0497. The molecule has 1 atom stereocenters. The molecule has 132 valence electrons. The summed E-state index contributed by atoms with van der Waals surface area (Å²) in [6.45, 7) is 9.24. The van der Waals surface area contributed by atoms with E-state index in [0.29, 0.717) is 18.5 Å². The van der Waals surface area contributed by atoms with Crippen LogP contribution in [0.15, 0.2) is 43.0 Å². The second kappa shape index (κ2) is 9.60. The van der Waals surface area contributed by atoms with Crippen LogP contribution in [0.5, 0.6) is 0 Å². The van der Waals surface area contributed by atoms with Gasteiger partial charge in [0.2, 0.25) is 0 Å². The van der Waals surface area contributed by atoms with E-state index in [0.717, 1.165) is 0 Å². The van der Waals surface area contributed by atoms with Gasteiger partial charge in [0, 0.05) is 18.2 Å². The van der Waals surface area contributed by atoms with Crippen molar-refractivity contribution in [2.45, 2.75) is 45.3 Å². The summed E-state index contributed by atoms with van der Waals surface area (Å²) in [5, 5.41) is 5.38. The van der Waals surface area contributed by atoms with Gasteiger partial charge in [0.1, 0.15) is 5.60 Å². The Morgan fingerprint density at radius 2 is 1.88 bits per heavy atom. The van der Waals surface area contributed by atoms with Gasteiger partial charge < -0.3 is 14.8 Å². The lowest BCUT2D eigenvalue weighted by atomic mass is 10.1. The zero-order valence-electron chi connectivity index (χ0n) is 14.5. The summed E-state index contributed by atoms with van der Waals surface area (Å²) < 4.78 is 10.3. The number of nitrogens with one attached hydrogen (secondary N) is 2. The zero-order chi connectivity index (χ0) is 18.0. The molecule has 1 aromatic rings. The molecule has 0 aromatic heterocycles. The van der Waals surface area contributed by atoms with Gasteiger partial charge in [-0.15, -0.1) is 6.58 Å². The number of hydrogen-bond acceptors (Lipinski definition) is 4. The minimum absolute atomic E-state index is 0.174. The lowest BCUT2D eigenvalue weighted by Gasteiger charge is -2.23. The molecular weight excluding hydrogens is 308 g/mol. The normalized spacial score (nSPS) is 12.0. The Hall–Kier alpha value is -2.50. The molecule has 24 heavy (non-hydrogen) atoms. The summed E-state index contributed by atoms with van der Waals surface area (Å²) in [7, 11) is 0. The van der Waals surface area contributed by atoms with Crippen molar-refractivity contribution in [3.8, 4) is 0 Å². The highest BCUT2D eigenvalue weighted by Gasteiger charge is 2.19. The molecule has 1 aromatic carbocycles. The summed E-state index contributed by atoms with van der Waals surface area (Å²) in [5.74, 6) is 0. The fourth-order valence-electron chi connectivity index (χ4n) is 1.89. The first-order chi connectivity index (χ1) is 11.3. The number of amides is 2. The second-order valence-corrected chi connectivity index (χ2v) is 6.28. The number of carbonyl (C=O) groups excluding carboxylic acids is 2. The van der Waals surface area contributed by atoms with Crippen molar-refractivity contribution in [2.75, 3.05) is 11.9 Å². The van der Waals surface area contributed by atoms with Crippen LogP contribution in [0.25, 0.3) is 0 Å². The van der Waals surface area contributed by atoms with E-state index < -0.39 is 17.8 Å². The smallest absolute Gasteiger partial charge is 0.411 e. The molecule has 0 aliphatic carbocycles. The molecular formula is C18H26N2O4. The summed E-state index contributed by atoms with van der Waals surface area (Å²) in [4.78, 5) is 23.5. The first-order valence-electron chi connectivity index (χ1n) is 7.89. The Morgan fingerprint density at radius 3 is 2.46 bits per heavy atom. The van der Waals surface area contributed by atoms with Gasteiger partial charge in [-0.3, -0.25) is 5.32 Å². The average molecular weight is 334 g/mol. The molecule has 0 bridgehead atoms. The topological polar surface area (TPSA) is 76.7 Å². The first kappa shape index (κ1) is 19.5. The van der Waals surface area contributed by atoms with Gasteiger partial charge >= 0.3 is 12.2 Å². The van der Waals surface area contributed by atoms with Crippen LogP contribution in [0.4, 0.5) is 15.3 Å². The van der Waals surface area contributed by atoms with Gasteiger partial charge in [0.05, 0.1) is 6.61 Å². The number of anilines is 1. The molecule has 0 aliphatic rings. The molecule has 0 fully saturated rings. The molecule has 1 unspecified atom stereocenters. The molecule has 2 N–H and O–H groups in total. The van der Waals surface area contributed by atoms with Crippen molar-refractivity contribution in [3.05, 3.63) is 43.0 Å². The quantitative estimate of drug-likeness (QED) is 0.736. The standard InChI is InChI=1S/C18H26N2O4/c1-5-9-14(20-17(22)24-18(2,3)4)12-13-23-16(21)19-15-10-7-6-8-11-15/h5-8,10-11,14H,1,9,12-13H2,2-4H3,(H,19,21)(H,20,22). The van der Waals surface area contributed by atoms with E-state index >= 15 is 0 Å². The number of para-hydroxylation sites is 1. The lowest BCUT2D eigenvalue weighted by Crippen LogP contribution is -2.39. The number of alkyl carbamates (subject to hydrolysis) is 1. The molecule has 0 spiro atoms. The van der Waals surface area contributed by atoms with Crippen molar-refractivity contribution >= 4 is 17.9 Å². The summed E-state index contributed by atoms with van der Waals surface area (Å²) >= 11 is 0. The first-order valence-corrected chi connectivity index (χ1v) is 7.89. The molecule has 0 radical (unpaired) electrons. The fourth-order valence-corrected chi connectivity index (χ4v) is 1.89. The molecule has 1 rings (SSSR count). The van der Waals surface area contributed by atoms with E-state index in [9.17, 15) is 9.59 Å². The average Bonchev–Trinajstić information content (AvgIpc) is 2.46. The Labute approximate surface area is 143 Å². The van der Waals surface area contributed by atoms with Crippen LogP contribution in [0.3, 0.4) is 0 Å². The minimum atomic E-state index is -0.561. The largest absolute Gasteiger partial charge is 0.449 e. The minimum Gasteiger partial charge on any atom is -0.449 e. The van der Waals surface area contributed by atoms with E-state index in [1.807, 2.05) is 18.2 Å². The Kier molecular flexibility index (Phi) is 7.82. The summed E-state index contributed by atoms with van der Waals surface area (Å²) in [6, 6.07) is 8.83. The summed E-state index contributed by atoms with van der Waals surface area (Å²) in [5.41, 5.74) is 0.103. The maximum absolute atomic E-state index is 11.8. The maximum Gasteiger partial charge on any atom is 0.411 e. The Morgan fingerprint density at radius 1 is 1.21 bits per heavy atom. The van der Waals surface area contributed by atoms with Crippen LogP contribution in [0.2, 0.25) is 0 Å². The van der Waals surface area contributed by atoms with E-state index in [1.165, 1.54) is 0 Å². The van der Waals surface area contributed by atoms with E-state index in [1.54, 1.807) is 39.0 Å². The molecule has 0 heterocycles. The van der Waals surface area contributed by atoms with Crippen molar-refractivity contribution in [2.24, 2.45) is 0 Å². The van der Waals surface area contributed by atoms with Crippen LogP contribution >= 0.6 is 0 Å². The number of ether oxygens (including phenoxy) is 2. The summed E-state index contributed by atoms with van der Waals surface area (Å²) in [6.07, 6.45) is 1.70. The monoisotopic (exact) mass is 334 g/mol. The molecule has 2 amide bonds. The third-order valence-corrected chi connectivity index (χ3v) is 2.89. The third-order valence-electron chi connectivity index (χ3n) is 2.89. The fraction of sp³-hybridized carbons (Fsp3) is 0.444. The molecule has 0 saturated carbocycles. The van der Waals surface area contributed by atoms with Gasteiger partial charge in [-0.25, -0.2) is 9.59 Å². The van der Waals surface area contributed by atoms with Crippen LogP contribution in [0, 0.1) is 0 Å². The highest BCUT2D eigenvalue weighted by Crippen LogP contribution is 2.09. The predicted octanol–water partition coefficient (Wildman–Crippen LogP) is 4.09. The van der Waals surface area contributed by atoms with Crippen LogP contribution in [0.1, 0.15) is 33.6 Å². The van der Waals surface area contributed by atoms with Gasteiger partial charge in [0.25, 0.3) is 0 Å². The zero-order valence-corrected chi connectivity index (χ0v) is 14.5. The number of benzene rings is 1. The van der Waals surface area contributed by atoms with Gasteiger partial charge in [-0.2, -0.15) is 0 Å². The highest BCUT2D eigenvalue weighted by molar-refractivity contribution is 5.84. The van der Waals surface area contributed by atoms with Crippen LogP contribution in [-0.4, -0.2) is 30.4 Å². The molecule has 6 nitrogen and oxygen atoms in total.